The van der Waals surface area contributed by atoms with E-state index in [2.05, 4.69) is 5.32 Å². The number of amides is 1. The predicted molar refractivity (Wildman–Crippen MR) is 78.2 cm³/mol. The fourth-order valence-corrected chi connectivity index (χ4v) is 3.63. The number of hydrogen-bond donors (Lipinski definition) is 2. The summed E-state index contributed by atoms with van der Waals surface area (Å²) < 4.78 is 28.0. The van der Waals surface area contributed by atoms with Crippen molar-refractivity contribution in [1.82, 2.24) is 5.32 Å². The highest BCUT2D eigenvalue weighted by Gasteiger charge is 2.32. The summed E-state index contributed by atoms with van der Waals surface area (Å²) in [4.78, 5) is 11.7. The van der Waals surface area contributed by atoms with Crippen LogP contribution < -0.4 is 11.1 Å². The number of rotatable bonds is 3. The van der Waals surface area contributed by atoms with Crippen molar-refractivity contribution < 1.29 is 17.9 Å². The van der Waals surface area contributed by atoms with Crippen molar-refractivity contribution in [2.24, 2.45) is 11.7 Å². The molecule has 1 amide bonds. The lowest BCUT2D eigenvalue weighted by Gasteiger charge is -2.34. The molecule has 0 bridgehead atoms. The van der Waals surface area contributed by atoms with Gasteiger partial charge in [-0.05, 0) is 46.0 Å². The SMILES string of the molecule is CC(C)(C)OC(=O)N[C@@H]1CC[C@H](N)[C@H](CS(C)(=O)=O)C1. The Balaban J connectivity index is 2.55. The van der Waals surface area contributed by atoms with Crippen molar-refractivity contribution in [3.63, 3.8) is 0 Å². The molecule has 0 spiro atoms. The first-order valence-electron chi connectivity index (χ1n) is 6.89. The number of ether oxygens (including phenoxy) is 1. The lowest BCUT2D eigenvalue weighted by Crippen LogP contribution is -2.48. The predicted octanol–water partition coefficient (Wildman–Crippen LogP) is 1.05. The highest BCUT2D eigenvalue weighted by Crippen LogP contribution is 2.25. The average Bonchev–Trinajstić information content (AvgIpc) is 2.18. The lowest BCUT2D eigenvalue weighted by molar-refractivity contribution is 0.0483. The van der Waals surface area contributed by atoms with Gasteiger partial charge in [0.1, 0.15) is 15.4 Å². The van der Waals surface area contributed by atoms with Crippen LogP contribution in [0.2, 0.25) is 0 Å². The second kappa shape index (κ2) is 6.30. The summed E-state index contributed by atoms with van der Waals surface area (Å²) in [6.07, 6.45) is 2.79. The van der Waals surface area contributed by atoms with Gasteiger partial charge in [-0.2, -0.15) is 0 Å². The van der Waals surface area contributed by atoms with E-state index in [4.69, 9.17) is 10.5 Å². The Morgan fingerprint density at radius 2 is 1.95 bits per heavy atom. The number of hydrogen-bond acceptors (Lipinski definition) is 5. The van der Waals surface area contributed by atoms with Crippen molar-refractivity contribution in [2.75, 3.05) is 12.0 Å². The van der Waals surface area contributed by atoms with E-state index in [0.717, 1.165) is 6.42 Å². The third-order valence-corrected chi connectivity index (χ3v) is 4.31. The number of alkyl carbamates (subject to hydrolysis) is 1. The number of carbonyl (C=O) groups excluding carboxylic acids is 1. The van der Waals surface area contributed by atoms with Gasteiger partial charge >= 0.3 is 6.09 Å². The van der Waals surface area contributed by atoms with Crippen LogP contribution in [0.15, 0.2) is 0 Å². The van der Waals surface area contributed by atoms with Crippen LogP contribution in [0.25, 0.3) is 0 Å². The van der Waals surface area contributed by atoms with Gasteiger partial charge in [-0.1, -0.05) is 0 Å². The zero-order valence-corrected chi connectivity index (χ0v) is 13.5. The monoisotopic (exact) mass is 306 g/mol. The molecular weight excluding hydrogens is 280 g/mol. The molecule has 118 valence electrons. The zero-order valence-electron chi connectivity index (χ0n) is 12.7. The molecule has 0 radical (unpaired) electrons. The zero-order chi connectivity index (χ0) is 15.6. The molecule has 0 aromatic rings. The Morgan fingerprint density at radius 1 is 1.35 bits per heavy atom. The topological polar surface area (TPSA) is 98.5 Å². The van der Waals surface area contributed by atoms with Crippen LogP contribution >= 0.6 is 0 Å². The van der Waals surface area contributed by atoms with Gasteiger partial charge < -0.3 is 15.8 Å². The Kier molecular flexibility index (Phi) is 5.43. The number of carbonyl (C=O) groups is 1. The minimum absolute atomic E-state index is 0.0701. The van der Waals surface area contributed by atoms with Crippen LogP contribution in [0.3, 0.4) is 0 Å². The van der Waals surface area contributed by atoms with E-state index in [1.165, 1.54) is 6.26 Å². The van der Waals surface area contributed by atoms with E-state index in [-0.39, 0.29) is 23.8 Å². The molecule has 0 heterocycles. The molecule has 1 aliphatic carbocycles. The molecule has 3 N–H and O–H groups in total. The van der Waals surface area contributed by atoms with Crippen LogP contribution in [0, 0.1) is 5.92 Å². The fraction of sp³-hybridized carbons (Fsp3) is 0.923. The maximum absolute atomic E-state index is 11.7. The Bertz CT molecular complexity index is 442. The second-order valence-electron chi connectivity index (χ2n) is 6.67. The first-order chi connectivity index (χ1) is 8.96. The van der Waals surface area contributed by atoms with Gasteiger partial charge in [-0.25, -0.2) is 13.2 Å². The first kappa shape index (κ1) is 17.2. The highest BCUT2D eigenvalue weighted by molar-refractivity contribution is 7.90. The number of sulfone groups is 1. The van der Waals surface area contributed by atoms with Gasteiger partial charge in [0.05, 0.1) is 5.75 Å². The Labute approximate surface area is 121 Å². The summed E-state index contributed by atoms with van der Waals surface area (Å²) in [6, 6.07) is -0.196. The van der Waals surface area contributed by atoms with Crippen LogP contribution in [-0.2, 0) is 14.6 Å². The molecule has 7 heteroatoms. The molecule has 1 saturated carbocycles. The standard InChI is InChI=1S/C13H26N2O4S/c1-13(2,3)19-12(16)15-10-5-6-11(14)9(7-10)8-20(4,17)18/h9-11H,5-8,14H2,1-4H3,(H,15,16)/t9-,10+,11-/m0/s1. The summed E-state index contributed by atoms with van der Waals surface area (Å²) in [5.41, 5.74) is 5.43. The van der Waals surface area contributed by atoms with Crippen molar-refractivity contribution in [1.29, 1.82) is 0 Å². The van der Waals surface area contributed by atoms with Crippen molar-refractivity contribution in [3.05, 3.63) is 0 Å². The molecule has 0 aromatic heterocycles. The fourth-order valence-electron chi connectivity index (χ4n) is 2.47. The summed E-state index contributed by atoms with van der Waals surface area (Å²) in [7, 11) is -3.06. The van der Waals surface area contributed by atoms with E-state index in [1.807, 2.05) is 0 Å². The molecule has 0 unspecified atom stereocenters. The average molecular weight is 306 g/mol. The summed E-state index contributed by atoms with van der Waals surface area (Å²) in [5.74, 6) is -0.0422. The van der Waals surface area contributed by atoms with Gasteiger partial charge in [-0.3, -0.25) is 0 Å². The Hall–Kier alpha value is -0.820. The van der Waals surface area contributed by atoms with E-state index in [1.54, 1.807) is 20.8 Å². The number of nitrogens with two attached hydrogens (primary N) is 1. The molecule has 1 rings (SSSR count). The lowest BCUT2D eigenvalue weighted by atomic mass is 9.83. The third kappa shape index (κ3) is 6.56. The maximum atomic E-state index is 11.7. The van der Waals surface area contributed by atoms with Crippen LogP contribution in [0.1, 0.15) is 40.0 Å². The minimum atomic E-state index is -3.06. The molecular formula is C13H26N2O4S. The molecule has 0 aromatic carbocycles. The number of nitrogens with one attached hydrogen (secondary N) is 1. The van der Waals surface area contributed by atoms with Crippen molar-refractivity contribution >= 4 is 15.9 Å². The molecule has 1 aliphatic rings. The minimum Gasteiger partial charge on any atom is -0.444 e. The smallest absolute Gasteiger partial charge is 0.407 e. The van der Waals surface area contributed by atoms with E-state index in [0.29, 0.717) is 12.8 Å². The van der Waals surface area contributed by atoms with Gasteiger partial charge in [-0.15, -0.1) is 0 Å². The second-order valence-corrected chi connectivity index (χ2v) is 8.86. The quantitative estimate of drug-likeness (QED) is 0.812. The maximum Gasteiger partial charge on any atom is 0.407 e. The van der Waals surface area contributed by atoms with E-state index < -0.39 is 21.5 Å². The summed E-state index contributed by atoms with van der Waals surface area (Å²) in [6.45, 7) is 5.40. The molecule has 20 heavy (non-hydrogen) atoms. The summed E-state index contributed by atoms with van der Waals surface area (Å²) >= 11 is 0. The molecule has 6 nitrogen and oxygen atoms in total. The van der Waals surface area contributed by atoms with E-state index in [9.17, 15) is 13.2 Å². The van der Waals surface area contributed by atoms with Gasteiger partial charge in [0.2, 0.25) is 0 Å². The third-order valence-electron chi connectivity index (χ3n) is 3.28. The van der Waals surface area contributed by atoms with Crippen LogP contribution in [-0.4, -0.2) is 44.2 Å². The molecule has 3 atom stereocenters. The highest BCUT2D eigenvalue weighted by atomic mass is 32.2. The van der Waals surface area contributed by atoms with Crippen LogP contribution in [0.5, 0.6) is 0 Å². The van der Waals surface area contributed by atoms with Crippen molar-refractivity contribution in [3.8, 4) is 0 Å². The van der Waals surface area contributed by atoms with Gasteiger partial charge in [0.15, 0.2) is 0 Å². The molecule has 0 aliphatic heterocycles. The first-order valence-corrected chi connectivity index (χ1v) is 8.95. The largest absolute Gasteiger partial charge is 0.444 e. The normalized spacial score (nSPS) is 27.9. The summed E-state index contributed by atoms with van der Waals surface area (Å²) in [5, 5.41) is 2.80. The molecule has 1 fully saturated rings. The molecule has 0 saturated heterocycles. The van der Waals surface area contributed by atoms with Crippen molar-refractivity contribution in [2.45, 2.75) is 57.7 Å². The van der Waals surface area contributed by atoms with Gasteiger partial charge in [0.25, 0.3) is 0 Å². The van der Waals surface area contributed by atoms with E-state index >= 15 is 0 Å². The van der Waals surface area contributed by atoms with Crippen LogP contribution in [0.4, 0.5) is 4.79 Å². The van der Waals surface area contributed by atoms with Gasteiger partial charge in [0, 0.05) is 18.3 Å². The Morgan fingerprint density at radius 3 is 2.45 bits per heavy atom.